The molecule has 10 heteroatoms. The number of hydrogen-bond donors (Lipinski definition) is 2. The molecule has 1 saturated heterocycles. The third-order valence-electron chi connectivity index (χ3n) is 5.79. The number of carbonyl (C=O) groups excluding carboxylic acids is 1. The Labute approximate surface area is 201 Å². The number of halogens is 3. The zero-order valence-electron chi connectivity index (χ0n) is 19.4. The molecule has 188 valence electrons. The van der Waals surface area contributed by atoms with Crippen molar-refractivity contribution in [3.8, 4) is 6.07 Å². The highest BCUT2D eigenvalue weighted by Gasteiger charge is 2.42. The van der Waals surface area contributed by atoms with E-state index in [4.69, 9.17) is 14.6 Å². The fraction of sp³-hybridized carbons (Fsp3) is 0.440. The minimum Gasteiger partial charge on any atom is -0.394 e. The predicted molar refractivity (Wildman–Crippen MR) is 126 cm³/mol. The topological polar surface area (TPSA) is 94.8 Å². The van der Waals surface area contributed by atoms with Crippen LogP contribution in [-0.2, 0) is 14.3 Å². The number of ether oxygens (including phenoxy) is 2. The molecule has 0 aliphatic carbocycles. The molecule has 0 bridgehead atoms. The first-order valence-corrected chi connectivity index (χ1v) is 11.3. The van der Waals surface area contributed by atoms with E-state index in [0.717, 1.165) is 11.8 Å². The van der Waals surface area contributed by atoms with Crippen LogP contribution in [0.1, 0.15) is 18.9 Å². The number of carbonyl (C=O) groups is 1. The van der Waals surface area contributed by atoms with Gasteiger partial charge in [-0.3, -0.25) is 4.79 Å². The van der Waals surface area contributed by atoms with E-state index in [-0.39, 0.29) is 51.2 Å². The van der Waals surface area contributed by atoms with Gasteiger partial charge in [0.25, 0.3) is 5.91 Å². The molecule has 35 heavy (non-hydrogen) atoms. The molecule has 1 aliphatic heterocycles. The third kappa shape index (κ3) is 6.31. The minimum absolute atomic E-state index is 0.0286. The number of benzene rings is 2. The monoisotopic (exact) mass is 491 g/mol. The molecule has 3 rings (SSSR count). The van der Waals surface area contributed by atoms with Gasteiger partial charge in [-0.15, -0.1) is 0 Å². The van der Waals surface area contributed by atoms with Crippen molar-refractivity contribution in [2.75, 3.05) is 51.0 Å². The zero-order valence-corrected chi connectivity index (χ0v) is 19.4. The molecule has 1 amide bonds. The second kappa shape index (κ2) is 12.0. The lowest BCUT2D eigenvalue weighted by molar-refractivity contribution is -0.117. The summed E-state index contributed by atoms with van der Waals surface area (Å²) < 4.78 is 53.4. The van der Waals surface area contributed by atoms with Crippen molar-refractivity contribution in [3.05, 3.63) is 47.5 Å². The van der Waals surface area contributed by atoms with E-state index < -0.39 is 23.2 Å². The van der Waals surface area contributed by atoms with Crippen LogP contribution in [0.3, 0.4) is 0 Å². The number of hydrogen-bond acceptors (Lipinski definition) is 6. The predicted octanol–water partition coefficient (Wildman–Crippen LogP) is 3.42. The Morgan fingerprint density at radius 1 is 1.17 bits per heavy atom. The Morgan fingerprint density at radius 3 is 2.49 bits per heavy atom. The van der Waals surface area contributed by atoms with Gasteiger partial charge in [-0.05, 0) is 18.7 Å². The van der Waals surface area contributed by atoms with Crippen molar-refractivity contribution >= 4 is 27.9 Å². The van der Waals surface area contributed by atoms with Crippen molar-refractivity contribution in [2.45, 2.75) is 25.6 Å². The van der Waals surface area contributed by atoms with Crippen LogP contribution in [0, 0.1) is 11.3 Å². The summed E-state index contributed by atoms with van der Waals surface area (Å²) in [7, 11) is 0. The largest absolute Gasteiger partial charge is 0.418 e. The molecule has 0 saturated carbocycles. The molecule has 0 spiro atoms. The van der Waals surface area contributed by atoms with Gasteiger partial charge in [0.1, 0.15) is 11.6 Å². The molecule has 2 N–H and O–H groups in total. The molecule has 1 fully saturated rings. The number of nitrogens with one attached hydrogen (secondary N) is 1. The SMILES string of the molecule is CC1CCN1c1c(/C(=C(\C#N)C(=O)NCCOCCOCCO)C(F)(F)F)ccc2ccccc12. The van der Waals surface area contributed by atoms with Crippen molar-refractivity contribution in [1.29, 1.82) is 5.26 Å². The number of nitrogens with zero attached hydrogens (tertiary/aromatic N) is 2. The average molecular weight is 492 g/mol. The van der Waals surface area contributed by atoms with Crippen molar-refractivity contribution in [3.63, 3.8) is 0 Å². The summed E-state index contributed by atoms with van der Waals surface area (Å²) in [6.45, 7) is 2.94. The highest BCUT2D eigenvalue weighted by molar-refractivity contribution is 6.09. The lowest BCUT2D eigenvalue weighted by atomic mass is 9.91. The molecule has 1 aliphatic rings. The van der Waals surface area contributed by atoms with Gasteiger partial charge in [0.15, 0.2) is 0 Å². The summed E-state index contributed by atoms with van der Waals surface area (Å²) >= 11 is 0. The van der Waals surface area contributed by atoms with E-state index in [1.54, 1.807) is 24.3 Å². The Kier molecular flexibility index (Phi) is 9.09. The van der Waals surface area contributed by atoms with E-state index in [9.17, 15) is 23.2 Å². The van der Waals surface area contributed by atoms with E-state index in [0.29, 0.717) is 17.6 Å². The fourth-order valence-corrected chi connectivity index (χ4v) is 3.98. The first kappa shape index (κ1) is 26.5. The maximum Gasteiger partial charge on any atom is 0.418 e. The number of rotatable bonds is 11. The molecular formula is C25H28F3N3O4. The second-order valence-corrected chi connectivity index (χ2v) is 8.08. The molecule has 1 unspecified atom stereocenters. The van der Waals surface area contributed by atoms with Crippen LogP contribution >= 0.6 is 0 Å². The van der Waals surface area contributed by atoms with Crippen LogP contribution in [0.5, 0.6) is 0 Å². The van der Waals surface area contributed by atoms with Crippen LogP contribution < -0.4 is 10.2 Å². The summed E-state index contributed by atoms with van der Waals surface area (Å²) in [4.78, 5) is 14.6. The maximum absolute atomic E-state index is 14.4. The lowest BCUT2D eigenvalue weighted by Gasteiger charge is -2.43. The Bertz CT molecular complexity index is 1110. The molecule has 1 heterocycles. The molecular weight excluding hydrogens is 463 g/mol. The van der Waals surface area contributed by atoms with E-state index in [1.807, 2.05) is 17.9 Å². The summed E-state index contributed by atoms with van der Waals surface area (Å²) in [6, 6.07) is 11.6. The van der Waals surface area contributed by atoms with Gasteiger partial charge < -0.3 is 24.8 Å². The number of aliphatic hydroxyl groups excluding tert-OH is 1. The van der Waals surface area contributed by atoms with E-state index in [2.05, 4.69) is 5.32 Å². The van der Waals surface area contributed by atoms with Gasteiger partial charge in [0.2, 0.25) is 0 Å². The highest BCUT2D eigenvalue weighted by Crippen LogP contribution is 2.45. The number of alkyl halides is 3. The average Bonchev–Trinajstić information content (AvgIpc) is 2.82. The number of nitriles is 1. The molecule has 0 radical (unpaired) electrons. The van der Waals surface area contributed by atoms with Gasteiger partial charge >= 0.3 is 6.18 Å². The molecule has 0 aromatic heterocycles. The molecule has 2 aromatic carbocycles. The Balaban J connectivity index is 1.92. The van der Waals surface area contributed by atoms with Gasteiger partial charge in [-0.2, -0.15) is 18.4 Å². The minimum atomic E-state index is -4.94. The molecule has 7 nitrogen and oxygen atoms in total. The van der Waals surface area contributed by atoms with Crippen LogP contribution in [0.4, 0.5) is 18.9 Å². The van der Waals surface area contributed by atoms with Crippen molar-refractivity contribution < 1.29 is 32.5 Å². The van der Waals surface area contributed by atoms with E-state index in [1.165, 1.54) is 12.1 Å². The third-order valence-corrected chi connectivity index (χ3v) is 5.79. The van der Waals surface area contributed by atoms with Crippen LogP contribution in [0.15, 0.2) is 42.0 Å². The van der Waals surface area contributed by atoms with Gasteiger partial charge in [0.05, 0.1) is 44.3 Å². The zero-order chi connectivity index (χ0) is 25.4. The number of amides is 1. The van der Waals surface area contributed by atoms with E-state index >= 15 is 0 Å². The molecule has 1 atom stereocenters. The first-order valence-electron chi connectivity index (χ1n) is 11.3. The van der Waals surface area contributed by atoms with Crippen molar-refractivity contribution in [1.82, 2.24) is 5.32 Å². The Morgan fingerprint density at radius 2 is 1.89 bits per heavy atom. The number of allylic oxidation sites excluding steroid dienone is 1. The van der Waals surface area contributed by atoms with Gasteiger partial charge in [0, 0.05) is 30.1 Å². The maximum atomic E-state index is 14.4. The van der Waals surface area contributed by atoms with Crippen LogP contribution in [0.25, 0.3) is 16.3 Å². The quantitative estimate of drug-likeness (QED) is 0.284. The first-order chi connectivity index (χ1) is 16.8. The number of fused-ring (bicyclic) bond motifs is 1. The smallest absolute Gasteiger partial charge is 0.394 e. The van der Waals surface area contributed by atoms with Crippen molar-refractivity contribution in [2.24, 2.45) is 0 Å². The lowest BCUT2D eigenvalue weighted by Crippen LogP contribution is -2.46. The standard InChI is InChI=1S/C25H28F3N3O4/c1-17-8-10-31(17)23-19-5-3-2-4-18(19)6-7-20(23)22(25(26,27)28)21(16-29)24(33)30-9-12-34-14-15-35-13-11-32/h2-7,17,32H,8-15H2,1H3,(H,30,33)/b22-21-. The number of aliphatic hydroxyl groups is 1. The normalized spacial score (nSPS) is 16.5. The van der Waals surface area contributed by atoms with Gasteiger partial charge in [-0.25, -0.2) is 0 Å². The second-order valence-electron chi connectivity index (χ2n) is 8.08. The molecule has 2 aromatic rings. The fourth-order valence-electron chi connectivity index (χ4n) is 3.98. The summed E-state index contributed by atoms with van der Waals surface area (Å²) in [5, 5.41) is 22.0. The Hall–Kier alpha value is -3.13. The highest BCUT2D eigenvalue weighted by atomic mass is 19.4. The summed E-state index contributed by atoms with van der Waals surface area (Å²) in [5.41, 5.74) is -2.06. The summed E-state index contributed by atoms with van der Waals surface area (Å²) in [5.74, 6) is -1.12. The van der Waals surface area contributed by atoms with Gasteiger partial charge in [-0.1, -0.05) is 36.4 Å². The number of anilines is 1. The summed E-state index contributed by atoms with van der Waals surface area (Å²) in [6.07, 6.45) is -4.10. The van der Waals surface area contributed by atoms with Crippen LogP contribution in [0.2, 0.25) is 0 Å². The van der Waals surface area contributed by atoms with Crippen LogP contribution in [-0.4, -0.2) is 69.4 Å².